The van der Waals surface area contributed by atoms with E-state index in [0.29, 0.717) is 37.3 Å². The number of aromatic nitrogens is 2. The summed E-state index contributed by atoms with van der Waals surface area (Å²) in [7, 11) is 0. The van der Waals surface area contributed by atoms with Crippen LogP contribution in [-0.2, 0) is 22.6 Å². The van der Waals surface area contributed by atoms with E-state index in [2.05, 4.69) is 9.97 Å². The summed E-state index contributed by atoms with van der Waals surface area (Å²) in [6, 6.07) is -0.143. The van der Waals surface area contributed by atoms with E-state index in [-0.39, 0.29) is 23.4 Å². The molecule has 1 N–H and O–H groups in total. The standard InChI is InChI=1S/C17H24N4O3/c1-3-15(23)21-8-5-4-6-14(21)16-18-13-7-9-20(11(2)22)10-12(13)17(24)19-16/h14H,3-10H2,1-2H3,(H,18,19,24)/t14-/m0/s1. The minimum atomic E-state index is -0.185. The Morgan fingerprint density at radius 1 is 1.29 bits per heavy atom. The van der Waals surface area contributed by atoms with Crippen molar-refractivity contribution in [1.82, 2.24) is 19.8 Å². The zero-order chi connectivity index (χ0) is 17.3. The molecule has 3 rings (SSSR count). The van der Waals surface area contributed by atoms with Crippen LogP contribution in [0, 0.1) is 0 Å². The van der Waals surface area contributed by atoms with Gasteiger partial charge in [0.15, 0.2) is 0 Å². The quantitative estimate of drug-likeness (QED) is 0.880. The third-order valence-electron chi connectivity index (χ3n) is 4.97. The molecule has 24 heavy (non-hydrogen) atoms. The number of nitrogens with one attached hydrogen (secondary N) is 1. The number of hydrogen-bond acceptors (Lipinski definition) is 4. The predicted molar refractivity (Wildman–Crippen MR) is 88.2 cm³/mol. The van der Waals surface area contributed by atoms with Gasteiger partial charge < -0.3 is 14.8 Å². The van der Waals surface area contributed by atoms with Gasteiger partial charge in [-0.3, -0.25) is 14.4 Å². The van der Waals surface area contributed by atoms with Gasteiger partial charge in [0.25, 0.3) is 5.56 Å². The minimum Gasteiger partial charge on any atom is -0.338 e. The number of aromatic amines is 1. The molecule has 1 fully saturated rings. The van der Waals surface area contributed by atoms with Crippen LogP contribution in [0.15, 0.2) is 4.79 Å². The van der Waals surface area contributed by atoms with Gasteiger partial charge in [0, 0.05) is 32.9 Å². The van der Waals surface area contributed by atoms with Gasteiger partial charge in [-0.05, 0) is 19.3 Å². The molecule has 7 heteroatoms. The number of carbonyl (C=O) groups is 2. The van der Waals surface area contributed by atoms with Gasteiger partial charge in [-0.1, -0.05) is 6.92 Å². The molecule has 1 saturated heterocycles. The highest BCUT2D eigenvalue weighted by Crippen LogP contribution is 2.29. The molecule has 0 spiro atoms. The fourth-order valence-electron chi connectivity index (χ4n) is 3.59. The van der Waals surface area contributed by atoms with E-state index in [1.807, 2.05) is 11.8 Å². The van der Waals surface area contributed by atoms with Crippen LogP contribution in [0.25, 0.3) is 0 Å². The van der Waals surface area contributed by atoms with Gasteiger partial charge in [0.05, 0.1) is 23.8 Å². The first-order valence-electron chi connectivity index (χ1n) is 8.68. The van der Waals surface area contributed by atoms with E-state index < -0.39 is 0 Å². The Hall–Kier alpha value is -2.18. The second kappa shape index (κ2) is 6.75. The average molecular weight is 332 g/mol. The summed E-state index contributed by atoms with van der Waals surface area (Å²) >= 11 is 0. The molecule has 2 aliphatic heterocycles. The monoisotopic (exact) mass is 332 g/mol. The van der Waals surface area contributed by atoms with E-state index in [4.69, 9.17) is 0 Å². The lowest BCUT2D eigenvalue weighted by Crippen LogP contribution is -2.42. The Morgan fingerprint density at radius 2 is 2.08 bits per heavy atom. The molecule has 0 aliphatic carbocycles. The molecule has 1 aromatic heterocycles. The Bertz CT molecular complexity index is 712. The van der Waals surface area contributed by atoms with Gasteiger partial charge in [-0.25, -0.2) is 4.98 Å². The third kappa shape index (κ3) is 3.07. The van der Waals surface area contributed by atoms with E-state index in [9.17, 15) is 14.4 Å². The maximum atomic E-state index is 12.5. The first-order chi connectivity index (χ1) is 11.5. The van der Waals surface area contributed by atoms with Crippen molar-refractivity contribution in [2.75, 3.05) is 13.1 Å². The summed E-state index contributed by atoms with van der Waals surface area (Å²) in [5.74, 6) is 0.662. The van der Waals surface area contributed by atoms with Crippen LogP contribution in [0.1, 0.15) is 62.7 Å². The highest BCUT2D eigenvalue weighted by atomic mass is 16.2. The molecule has 2 amide bonds. The number of amides is 2. The Kier molecular flexibility index (Phi) is 4.69. The van der Waals surface area contributed by atoms with Gasteiger partial charge in [0.2, 0.25) is 11.8 Å². The van der Waals surface area contributed by atoms with Crippen molar-refractivity contribution in [3.8, 4) is 0 Å². The maximum absolute atomic E-state index is 12.5. The normalized spacial score (nSPS) is 20.7. The lowest BCUT2D eigenvalue weighted by Gasteiger charge is -2.35. The third-order valence-corrected chi connectivity index (χ3v) is 4.97. The van der Waals surface area contributed by atoms with Crippen molar-refractivity contribution in [2.45, 2.75) is 58.5 Å². The number of H-pyrrole nitrogens is 1. The second-order valence-electron chi connectivity index (χ2n) is 6.52. The minimum absolute atomic E-state index is 0.0314. The fourth-order valence-corrected chi connectivity index (χ4v) is 3.59. The van der Waals surface area contributed by atoms with Crippen molar-refractivity contribution >= 4 is 11.8 Å². The molecule has 130 valence electrons. The van der Waals surface area contributed by atoms with Crippen LogP contribution in [0.3, 0.4) is 0 Å². The summed E-state index contributed by atoms with van der Waals surface area (Å²) in [4.78, 5) is 47.3. The molecule has 0 saturated carbocycles. The molecule has 0 aromatic carbocycles. The molecule has 1 atom stereocenters. The molecule has 7 nitrogen and oxygen atoms in total. The SMILES string of the molecule is CCC(=O)N1CCCC[C@H]1c1nc2c(c(=O)[nH]1)CN(C(C)=O)CC2. The highest BCUT2D eigenvalue weighted by Gasteiger charge is 2.30. The molecule has 2 aliphatic rings. The van der Waals surface area contributed by atoms with Gasteiger partial charge in [-0.15, -0.1) is 0 Å². The number of likely N-dealkylation sites (tertiary alicyclic amines) is 1. The molecular weight excluding hydrogens is 308 g/mol. The van der Waals surface area contributed by atoms with Crippen molar-refractivity contribution in [3.63, 3.8) is 0 Å². The Morgan fingerprint density at radius 3 is 2.79 bits per heavy atom. The van der Waals surface area contributed by atoms with Crippen molar-refractivity contribution < 1.29 is 9.59 Å². The number of hydrogen-bond donors (Lipinski definition) is 1. The molecule has 0 unspecified atom stereocenters. The van der Waals surface area contributed by atoms with E-state index in [1.165, 1.54) is 6.92 Å². The molecule has 1 aromatic rings. The summed E-state index contributed by atoms with van der Waals surface area (Å²) in [5.41, 5.74) is 1.15. The van der Waals surface area contributed by atoms with Crippen LogP contribution in [-0.4, -0.2) is 44.7 Å². The van der Waals surface area contributed by atoms with E-state index in [1.54, 1.807) is 4.90 Å². The van der Waals surface area contributed by atoms with Gasteiger partial charge in [0.1, 0.15) is 5.82 Å². The number of fused-ring (bicyclic) bond motifs is 1. The predicted octanol–water partition coefficient (Wildman–Crippen LogP) is 1.14. The largest absolute Gasteiger partial charge is 0.338 e. The topological polar surface area (TPSA) is 86.4 Å². The summed E-state index contributed by atoms with van der Waals surface area (Å²) < 4.78 is 0. The molecular formula is C17H24N4O3. The van der Waals surface area contributed by atoms with Crippen LogP contribution < -0.4 is 5.56 Å². The van der Waals surface area contributed by atoms with Crippen molar-refractivity contribution in [3.05, 3.63) is 27.4 Å². The zero-order valence-electron chi connectivity index (χ0n) is 14.3. The lowest BCUT2D eigenvalue weighted by atomic mass is 10.00. The smallest absolute Gasteiger partial charge is 0.256 e. The van der Waals surface area contributed by atoms with Crippen LogP contribution in [0.5, 0.6) is 0 Å². The summed E-state index contributed by atoms with van der Waals surface area (Å²) in [6.07, 6.45) is 3.88. The van der Waals surface area contributed by atoms with Crippen LogP contribution >= 0.6 is 0 Å². The van der Waals surface area contributed by atoms with Crippen LogP contribution in [0.4, 0.5) is 0 Å². The number of carbonyl (C=O) groups excluding carboxylic acids is 2. The molecule has 3 heterocycles. The van der Waals surface area contributed by atoms with Crippen molar-refractivity contribution in [2.24, 2.45) is 0 Å². The van der Waals surface area contributed by atoms with Crippen molar-refractivity contribution in [1.29, 1.82) is 0 Å². The highest BCUT2D eigenvalue weighted by molar-refractivity contribution is 5.76. The van der Waals surface area contributed by atoms with Crippen LogP contribution in [0.2, 0.25) is 0 Å². The first kappa shape index (κ1) is 16.7. The van der Waals surface area contributed by atoms with Gasteiger partial charge >= 0.3 is 0 Å². The number of nitrogens with zero attached hydrogens (tertiary/aromatic N) is 3. The van der Waals surface area contributed by atoms with E-state index in [0.717, 1.165) is 31.5 Å². The molecule has 0 bridgehead atoms. The Balaban J connectivity index is 1.93. The molecule has 0 radical (unpaired) electrons. The summed E-state index contributed by atoms with van der Waals surface area (Å²) in [6.45, 7) is 4.98. The first-order valence-corrected chi connectivity index (χ1v) is 8.68. The average Bonchev–Trinajstić information content (AvgIpc) is 2.60. The fraction of sp³-hybridized carbons (Fsp3) is 0.647. The number of rotatable bonds is 2. The number of piperidine rings is 1. The van der Waals surface area contributed by atoms with E-state index >= 15 is 0 Å². The van der Waals surface area contributed by atoms with Gasteiger partial charge in [-0.2, -0.15) is 0 Å². The second-order valence-corrected chi connectivity index (χ2v) is 6.52. The zero-order valence-corrected chi connectivity index (χ0v) is 14.3. The lowest BCUT2D eigenvalue weighted by molar-refractivity contribution is -0.135. The summed E-state index contributed by atoms with van der Waals surface area (Å²) in [5, 5.41) is 0. The maximum Gasteiger partial charge on any atom is 0.256 e. The Labute approximate surface area is 141 Å².